The van der Waals surface area contributed by atoms with Gasteiger partial charge in [0.05, 0.1) is 9.13 Å². The summed E-state index contributed by atoms with van der Waals surface area (Å²) < 4.78 is 12.3. The second kappa shape index (κ2) is 5.75. The van der Waals surface area contributed by atoms with Crippen molar-refractivity contribution in [3.63, 3.8) is 0 Å². The van der Waals surface area contributed by atoms with Crippen LogP contribution in [0.4, 0.5) is 0 Å². The van der Waals surface area contributed by atoms with Crippen LogP contribution in [0.3, 0.4) is 0 Å². The molecule has 2 rings (SSSR count). The third kappa shape index (κ3) is 3.26. The topological polar surface area (TPSA) is 59.7 Å². The number of carboxylic acids is 1. The maximum Gasteiger partial charge on any atom is 0.335 e. The summed E-state index contributed by atoms with van der Waals surface area (Å²) in [6, 6.07) is 8.31. The highest BCUT2D eigenvalue weighted by Gasteiger charge is 2.09. The third-order valence-corrected chi connectivity index (χ3v) is 3.49. The van der Waals surface area contributed by atoms with Crippen molar-refractivity contribution in [2.24, 2.45) is 0 Å². The molecule has 0 saturated carbocycles. The first kappa shape index (κ1) is 13.4. The number of halogens is 2. The van der Waals surface area contributed by atoms with Gasteiger partial charge in [-0.25, -0.2) is 4.79 Å². The summed E-state index contributed by atoms with van der Waals surface area (Å²) in [5.41, 5.74) is 0.200. The summed E-state index contributed by atoms with van der Waals surface area (Å²) in [7, 11) is 0. The Balaban J connectivity index is 2.13. The zero-order valence-electron chi connectivity index (χ0n) is 9.02. The first-order valence-corrected chi connectivity index (χ1v) is 6.83. The Bertz CT molecular complexity index is 579. The number of carboxylic acid groups (broad SMARTS) is 1. The van der Waals surface area contributed by atoms with Crippen molar-refractivity contribution >= 4 is 44.5 Å². The molecule has 0 aliphatic carbocycles. The Kier molecular flexibility index (Phi) is 4.28. The summed E-state index contributed by atoms with van der Waals surface area (Å²) in [5.74, 6) is 0.221. The number of ether oxygens (including phenoxy) is 1. The second-order valence-corrected chi connectivity index (χ2v) is 5.39. The van der Waals surface area contributed by atoms with Crippen LogP contribution < -0.4 is 4.74 Å². The van der Waals surface area contributed by atoms with E-state index in [4.69, 9.17) is 14.3 Å². The van der Waals surface area contributed by atoms with Gasteiger partial charge >= 0.3 is 5.97 Å². The quantitative estimate of drug-likeness (QED) is 0.758. The molecule has 1 aromatic heterocycles. The average Bonchev–Trinajstić information content (AvgIpc) is 2.74. The van der Waals surface area contributed by atoms with Gasteiger partial charge in [-0.05, 0) is 68.9 Å². The van der Waals surface area contributed by atoms with Crippen LogP contribution in [-0.2, 0) is 6.61 Å². The van der Waals surface area contributed by atoms with Gasteiger partial charge in [-0.3, -0.25) is 0 Å². The van der Waals surface area contributed by atoms with Crippen molar-refractivity contribution in [2.75, 3.05) is 0 Å². The van der Waals surface area contributed by atoms with Gasteiger partial charge in [-0.15, -0.1) is 0 Å². The van der Waals surface area contributed by atoms with Crippen molar-refractivity contribution < 1.29 is 19.1 Å². The molecule has 0 fully saturated rings. The molecule has 1 aromatic carbocycles. The molecule has 0 spiro atoms. The van der Waals surface area contributed by atoms with E-state index in [-0.39, 0.29) is 12.2 Å². The Labute approximate surface area is 125 Å². The fraction of sp³-hybridized carbons (Fsp3) is 0.0833. The zero-order valence-corrected chi connectivity index (χ0v) is 12.8. The predicted molar refractivity (Wildman–Crippen MR) is 76.9 cm³/mol. The molecule has 1 heterocycles. The van der Waals surface area contributed by atoms with Crippen LogP contribution in [0.5, 0.6) is 5.75 Å². The molecule has 0 amide bonds. The minimum absolute atomic E-state index is 0.200. The van der Waals surface area contributed by atoms with E-state index in [0.717, 1.165) is 3.57 Å². The van der Waals surface area contributed by atoms with E-state index < -0.39 is 5.97 Å². The molecule has 18 heavy (non-hydrogen) atoms. The van der Waals surface area contributed by atoms with Crippen LogP contribution in [0.2, 0.25) is 0 Å². The van der Waals surface area contributed by atoms with E-state index in [9.17, 15) is 4.79 Å². The zero-order chi connectivity index (χ0) is 13.1. The van der Waals surface area contributed by atoms with Gasteiger partial charge in [0.15, 0.2) is 4.67 Å². The molecule has 2 aromatic rings. The first-order chi connectivity index (χ1) is 8.56. The van der Waals surface area contributed by atoms with Gasteiger partial charge < -0.3 is 14.3 Å². The Hall–Kier alpha value is -1.02. The van der Waals surface area contributed by atoms with Gasteiger partial charge in [0.1, 0.15) is 18.1 Å². The van der Waals surface area contributed by atoms with Crippen LogP contribution >= 0.6 is 38.5 Å². The lowest BCUT2D eigenvalue weighted by molar-refractivity contribution is 0.0696. The largest absolute Gasteiger partial charge is 0.485 e. The van der Waals surface area contributed by atoms with Gasteiger partial charge in [0.2, 0.25) is 0 Å². The number of furan rings is 1. The highest BCUT2D eigenvalue weighted by Crippen LogP contribution is 2.24. The maximum atomic E-state index is 10.9. The average molecular weight is 423 g/mol. The van der Waals surface area contributed by atoms with Crippen LogP contribution in [0.15, 0.2) is 39.4 Å². The van der Waals surface area contributed by atoms with E-state index in [1.807, 2.05) is 0 Å². The van der Waals surface area contributed by atoms with Gasteiger partial charge in [-0.2, -0.15) is 0 Å². The molecule has 0 radical (unpaired) electrons. The van der Waals surface area contributed by atoms with Crippen molar-refractivity contribution in [1.82, 2.24) is 0 Å². The molecule has 0 unspecified atom stereocenters. The van der Waals surface area contributed by atoms with Gasteiger partial charge in [0, 0.05) is 0 Å². The lowest BCUT2D eigenvalue weighted by Crippen LogP contribution is -2.00. The minimum Gasteiger partial charge on any atom is -0.485 e. The molecule has 0 atom stereocenters. The molecule has 94 valence electrons. The molecule has 0 aliphatic rings. The summed E-state index contributed by atoms with van der Waals surface area (Å²) in [5, 5.41) is 8.91. The second-order valence-electron chi connectivity index (χ2n) is 3.44. The number of benzene rings is 1. The molecule has 0 saturated heterocycles. The monoisotopic (exact) mass is 422 g/mol. The minimum atomic E-state index is -0.975. The lowest BCUT2D eigenvalue weighted by Gasteiger charge is -2.07. The number of carbonyl (C=O) groups is 1. The van der Waals surface area contributed by atoms with E-state index in [0.29, 0.717) is 16.2 Å². The summed E-state index contributed by atoms with van der Waals surface area (Å²) in [6.45, 7) is 0.255. The predicted octanol–water partition coefficient (Wildman–Crippen LogP) is 3.92. The van der Waals surface area contributed by atoms with E-state index in [1.165, 1.54) is 6.07 Å². The molecular formula is C12H8BrIO4. The highest BCUT2D eigenvalue weighted by molar-refractivity contribution is 14.1. The number of hydrogen-bond donors (Lipinski definition) is 1. The summed E-state index contributed by atoms with van der Waals surface area (Å²) >= 11 is 5.29. The van der Waals surface area contributed by atoms with Crippen LogP contribution in [0.1, 0.15) is 16.1 Å². The van der Waals surface area contributed by atoms with E-state index >= 15 is 0 Å². The Morgan fingerprint density at radius 2 is 2.17 bits per heavy atom. The first-order valence-electron chi connectivity index (χ1n) is 4.96. The summed E-state index contributed by atoms with van der Waals surface area (Å²) in [6.07, 6.45) is 0. The fourth-order valence-corrected chi connectivity index (χ4v) is 2.16. The Morgan fingerprint density at radius 3 is 2.78 bits per heavy atom. The number of aromatic carboxylic acids is 1. The summed E-state index contributed by atoms with van der Waals surface area (Å²) in [4.78, 5) is 10.9. The molecule has 6 heteroatoms. The molecule has 4 nitrogen and oxygen atoms in total. The Morgan fingerprint density at radius 1 is 1.39 bits per heavy atom. The lowest BCUT2D eigenvalue weighted by atomic mass is 10.2. The highest BCUT2D eigenvalue weighted by atomic mass is 127. The van der Waals surface area contributed by atoms with Crippen LogP contribution in [0, 0.1) is 3.57 Å². The third-order valence-electron chi connectivity index (χ3n) is 2.18. The van der Waals surface area contributed by atoms with Gasteiger partial charge in [0.25, 0.3) is 0 Å². The maximum absolute atomic E-state index is 10.9. The van der Waals surface area contributed by atoms with E-state index in [2.05, 4.69) is 38.5 Å². The van der Waals surface area contributed by atoms with Crippen molar-refractivity contribution in [3.8, 4) is 5.75 Å². The standard InChI is InChI=1S/C12H8BrIO4/c13-11-4-2-8(18-11)6-17-10-5-7(12(15)16)1-3-9(10)14/h1-5H,6H2,(H,15,16). The van der Waals surface area contributed by atoms with Gasteiger partial charge in [-0.1, -0.05) is 0 Å². The normalized spacial score (nSPS) is 10.3. The fourth-order valence-electron chi connectivity index (χ4n) is 1.33. The van der Waals surface area contributed by atoms with Crippen molar-refractivity contribution in [3.05, 3.63) is 49.9 Å². The SMILES string of the molecule is O=C(O)c1ccc(I)c(OCc2ccc(Br)o2)c1. The van der Waals surface area contributed by atoms with Crippen molar-refractivity contribution in [1.29, 1.82) is 0 Å². The van der Waals surface area contributed by atoms with Crippen LogP contribution in [-0.4, -0.2) is 11.1 Å². The van der Waals surface area contributed by atoms with Crippen LogP contribution in [0.25, 0.3) is 0 Å². The number of rotatable bonds is 4. The smallest absolute Gasteiger partial charge is 0.335 e. The molecule has 0 aliphatic heterocycles. The van der Waals surface area contributed by atoms with E-state index in [1.54, 1.807) is 24.3 Å². The molecular weight excluding hydrogens is 415 g/mol. The van der Waals surface area contributed by atoms with Crippen molar-refractivity contribution in [2.45, 2.75) is 6.61 Å². The number of hydrogen-bond acceptors (Lipinski definition) is 3. The molecule has 0 bridgehead atoms. The molecule has 1 N–H and O–H groups in total.